The van der Waals surface area contributed by atoms with Crippen molar-refractivity contribution in [1.82, 2.24) is 15.2 Å². The number of benzene rings is 1. The average Bonchev–Trinajstić information content (AvgIpc) is 2.43. The minimum atomic E-state index is -0.507. The van der Waals surface area contributed by atoms with Gasteiger partial charge in [-0.15, -0.1) is 11.8 Å². The third kappa shape index (κ3) is 3.65. The number of thioether (sulfide) groups is 1. The normalized spacial score (nSPS) is 10.8. The molecule has 0 radical (unpaired) electrons. The van der Waals surface area contributed by atoms with Gasteiger partial charge in [0.2, 0.25) is 0 Å². The zero-order valence-electron chi connectivity index (χ0n) is 10.5. The van der Waals surface area contributed by atoms with Crippen molar-refractivity contribution in [3.8, 4) is 0 Å². The number of hydrogen-bond acceptors (Lipinski definition) is 6. The summed E-state index contributed by atoms with van der Waals surface area (Å²) in [6.07, 6.45) is 3.69. The van der Waals surface area contributed by atoms with Crippen LogP contribution in [0.25, 0.3) is 0 Å². The van der Waals surface area contributed by atoms with E-state index in [-0.39, 0.29) is 0 Å². The topological polar surface area (TPSA) is 83.0 Å². The summed E-state index contributed by atoms with van der Waals surface area (Å²) in [5.41, 5.74) is 3.73. The molecular weight excluding hydrogens is 262 g/mol. The van der Waals surface area contributed by atoms with Gasteiger partial charge in [0, 0.05) is 4.90 Å². The zero-order chi connectivity index (χ0) is 13.7. The molecule has 0 unspecified atom stereocenters. The van der Waals surface area contributed by atoms with Gasteiger partial charge >= 0.3 is 5.69 Å². The third-order valence-corrected chi connectivity index (χ3v) is 3.12. The van der Waals surface area contributed by atoms with Gasteiger partial charge in [-0.1, -0.05) is 12.1 Å². The molecule has 1 aromatic heterocycles. The van der Waals surface area contributed by atoms with Crippen molar-refractivity contribution in [3.05, 3.63) is 46.0 Å². The first-order valence-corrected chi connectivity index (χ1v) is 6.78. The molecule has 0 amide bonds. The molecule has 0 aliphatic rings. The van der Waals surface area contributed by atoms with Crippen LogP contribution in [0.3, 0.4) is 0 Å². The first-order chi connectivity index (χ1) is 9.19. The Labute approximate surface area is 114 Å². The molecule has 7 heteroatoms. The molecule has 19 heavy (non-hydrogen) atoms. The Morgan fingerprint density at radius 3 is 2.79 bits per heavy atom. The SMILES string of the molecule is CSc1ccc(/C=N/Nc2nc(=O)[nH]nc2C)cc1. The Bertz CT molecular complexity index is 635. The summed E-state index contributed by atoms with van der Waals surface area (Å²) in [6, 6.07) is 7.97. The van der Waals surface area contributed by atoms with Crippen molar-refractivity contribution < 1.29 is 0 Å². The maximum atomic E-state index is 11.0. The molecule has 2 N–H and O–H groups in total. The molecular formula is C12H13N5OS. The summed E-state index contributed by atoms with van der Waals surface area (Å²) >= 11 is 1.69. The standard InChI is InChI=1S/C12H13N5OS/c1-8-11(14-12(18)17-15-8)16-13-7-9-3-5-10(19-2)6-4-9/h3-7H,1-2H3,(H2,14,16,17,18)/b13-7+. The molecule has 0 aliphatic heterocycles. The van der Waals surface area contributed by atoms with Gasteiger partial charge in [-0.2, -0.15) is 15.2 Å². The molecule has 98 valence electrons. The van der Waals surface area contributed by atoms with Crippen molar-refractivity contribution in [1.29, 1.82) is 0 Å². The van der Waals surface area contributed by atoms with E-state index >= 15 is 0 Å². The fourth-order valence-electron chi connectivity index (χ4n) is 1.36. The minimum absolute atomic E-state index is 0.348. The van der Waals surface area contributed by atoms with Crippen molar-refractivity contribution in [2.24, 2.45) is 5.10 Å². The second kappa shape index (κ2) is 6.14. The van der Waals surface area contributed by atoms with Crippen molar-refractivity contribution in [2.45, 2.75) is 11.8 Å². The lowest BCUT2D eigenvalue weighted by molar-refractivity contribution is 0.879. The smallest absolute Gasteiger partial charge is 0.260 e. The maximum Gasteiger partial charge on any atom is 0.363 e. The van der Waals surface area contributed by atoms with Crippen LogP contribution in [0, 0.1) is 6.92 Å². The second-order valence-electron chi connectivity index (χ2n) is 3.72. The first-order valence-electron chi connectivity index (χ1n) is 5.55. The van der Waals surface area contributed by atoms with Gasteiger partial charge in [0.15, 0.2) is 5.82 Å². The predicted molar refractivity (Wildman–Crippen MR) is 76.8 cm³/mol. The van der Waals surface area contributed by atoms with Crippen LogP contribution in [-0.2, 0) is 0 Å². The van der Waals surface area contributed by atoms with Crippen LogP contribution in [0.2, 0.25) is 0 Å². The van der Waals surface area contributed by atoms with Gasteiger partial charge in [-0.25, -0.2) is 9.89 Å². The quantitative estimate of drug-likeness (QED) is 0.503. The number of rotatable bonds is 4. The Kier molecular flexibility index (Phi) is 4.30. The second-order valence-corrected chi connectivity index (χ2v) is 4.60. The van der Waals surface area contributed by atoms with E-state index in [2.05, 4.69) is 25.7 Å². The van der Waals surface area contributed by atoms with E-state index in [1.54, 1.807) is 24.9 Å². The molecule has 6 nitrogen and oxygen atoms in total. The lowest BCUT2D eigenvalue weighted by Crippen LogP contribution is -2.15. The molecule has 0 spiro atoms. The maximum absolute atomic E-state index is 11.0. The summed E-state index contributed by atoms with van der Waals surface area (Å²) in [4.78, 5) is 15.9. The number of H-pyrrole nitrogens is 1. The fourth-order valence-corrected chi connectivity index (χ4v) is 1.76. The van der Waals surface area contributed by atoms with E-state index in [1.807, 2.05) is 30.5 Å². The number of hydrazone groups is 1. The van der Waals surface area contributed by atoms with Crippen LogP contribution >= 0.6 is 11.8 Å². The Hall–Kier alpha value is -2.15. The Balaban J connectivity index is 2.06. The Morgan fingerprint density at radius 2 is 2.11 bits per heavy atom. The van der Waals surface area contributed by atoms with Gasteiger partial charge in [-0.05, 0) is 30.9 Å². The van der Waals surface area contributed by atoms with Gasteiger partial charge in [-0.3, -0.25) is 5.43 Å². The van der Waals surface area contributed by atoms with Gasteiger partial charge in [0.1, 0.15) is 5.69 Å². The summed E-state index contributed by atoms with van der Waals surface area (Å²) in [5.74, 6) is 0.348. The highest BCUT2D eigenvalue weighted by Crippen LogP contribution is 2.14. The molecule has 0 atom stereocenters. The van der Waals surface area contributed by atoms with E-state index in [1.165, 1.54) is 4.90 Å². The van der Waals surface area contributed by atoms with E-state index < -0.39 is 5.69 Å². The molecule has 0 bridgehead atoms. The van der Waals surface area contributed by atoms with Gasteiger partial charge in [0.25, 0.3) is 0 Å². The monoisotopic (exact) mass is 275 g/mol. The summed E-state index contributed by atoms with van der Waals surface area (Å²) in [5, 5.41) is 10.1. The van der Waals surface area contributed by atoms with Crippen LogP contribution in [0.1, 0.15) is 11.3 Å². The number of aromatic nitrogens is 3. The Morgan fingerprint density at radius 1 is 1.37 bits per heavy atom. The molecule has 0 aliphatic carbocycles. The molecule has 2 aromatic rings. The molecule has 2 rings (SSSR count). The molecule has 0 fully saturated rings. The van der Waals surface area contributed by atoms with E-state index in [9.17, 15) is 4.79 Å². The van der Waals surface area contributed by atoms with E-state index in [0.29, 0.717) is 11.5 Å². The predicted octanol–water partition coefficient (Wildman–Crippen LogP) is 1.64. The molecule has 0 saturated carbocycles. The number of nitrogens with one attached hydrogen (secondary N) is 2. The fraction of sp³-hybridized carbons (Fsp3) is 0.167. The minimum Gasteiger partial charge on any atom is -0.260 e. The summed E-state index contributed by atoms with van der Waals surface area (Å²) in [6.45, 7) is 1.73. The van der Waals surface area contributed by atoms with Gasteiger partial charge < -0.3 is 0 Å². The lowest BCUT2D eigenvalue weighted by atomic mass is 10.2. The number of aryl methyl sites for hydroxylation is 1. The van der Waals surface area contributed by atoms with Crippen LogP contribution in [0.15, 0.2) is 39.1 Å². The highest BCUT2D eigenvalue weighted by atomic mass is 32.2. The molecule has 0 saturated heterocycles. The van der Waals surface area contributed by atoms with Crippen LogP contribution in [0.4, 0.5) is 5.82 Å². The number of aromatic amines is 1. The van der Waals surface area contributed by atoms with E-state index in [0.717, 1.165) is 5.56 Å². The summed E-state index contributed by atoms with van der Waals surface area (Å²) in [7, 11) is 0. The van der Waals surface area contributed by atoms with Crippen LogP contribution < -0.4 is 11.1 Å². The van der Waals surface area contributed by atoms with Crippen molar-refractivity contribution in [2.75, 3.05) is 11.7 Å². The highest BCUT2D eigenvalue weighted by Gasteiger charge is 1.99. The largest absolute Gasteiger partial charge is 0.363 e. The number of hydrogen-bond donors (Lipinski definition) is 2. The first kappa shape index (κ1) is 13.3. The molecule has 1 heterocycles. The number of anilines is 1. The third-order valence-electron chi connectivity index (χ3n) is 2.38. The molecule has 1 aromatic carbocycles. The zero-order valence-corrected chi connectivity index (χ0v) is 11.4. The van der Waals surface area contributed by atoms with E-state index in [4.69, 9.17) is 0 Å². The average molecular weight is 275 g/mol. The lowest BCUT2D eigenvalue weighted by Gasteiger charge is -2.00. The van der Waals surface area contributed by atoms with Crippen LogP contribution in [-0.4, -0.2) is 27.7 Å². The van der Waals surface area contributed by atoms with Crippen molar-refractivity contribution in [3.63, 3.8) is 0 Å². The van der Waals surface area contributed by atoms with Gasteiger partial charge in [0.05, 0.1) is 6.21 Å². The summed E-state index contributed by atoms with van der Waals surface area (Å²) < 4.78 is 0. The highest BCUT2D eigenvalue weighted by molar-refractivity contribution is 7.98. The van der Waals surface area contributed by atoms with Crippen molar-refractivity contribution >= 4 is 23.8 Å². The number of nitrogens with zero attached hydrogens (tertiary/aromatic N) is 3. The van der Waals surface area contributed by atoms with Crippen LogP contribution in [0.5, 0.6) is 0 Å².